The molecule has 5 rings (SSSR count). The first-order valence-electron chi connectivity index (χ1n) is 8.71. The standard InChI is InChI=1S/C18H26BNO2/c1-4-17(5-2)14-9-15(17)18(11-20)16(10-14)21-19(22-18)12(3)8-13-6-7-13/h4-5,11-16,20H,1-2,6-10H2,3H3/t12-,14-,15?,16+,18-/m0/s1. The molecule has 1 aliphatic heterocycles. The quantitative estimate of drug-likeness (QED) is 0.459. The van der Waals surface area contributed by atoms with Gasteiger partial charge >= 0.3 is 7.12 Å². The monoisotopic (exact) mass is 299 g/mol. The molecule has 5 atom stereocenters. The van der Waals surface area contributed by atoms with E-state index in [2.05, 4.69) is 20.1 Å². The molecule has 5 aliphatic rings. The highest BCUT2D eigenvalue weighted by atomic mass is 16.7. The first-order chi connectivity index (χ1) is 10.6. The van der Waals surface area contributed by atoms with Crippen molar-refractivity contribution in [3.8, 4) is 0 Å². The predicted octanol–water partition coefficient (Wildman–Crippen LogP) is 3.87. The summed E-state index contributed by atoms with van der Waals surface area (Å²) in [4.78, 5) is 0. The molecule has 0 amide bonds. The minimum atomic E-state index is -0.570. The van der Waals surface area contributed by atoms with Crippen LogP contribution in [0.2, 0.25) is 5.82 Å². The lowest BCUT2D eigenvalue weighted by Gasteiger charge is -2.64. The van der Waals surface area contributed by atoms with Crippen molar-refractivity contribution in [3.63, 3.8) is 0 Å². The Bertz CT molecular complexity index is 509. The molecular formula is C18H26BNO2. The molecule has 0 radical (unpaired) electrons. The molecule has 22 heavy (non-hydrogen) atoms. The molecule has 2 bridgehead atoms. The van der Waals surface area contributed by atoms with Gasteiger partial charge in [-0.15, -0.1) is 13.2 Å². The Morgan fingerprint density at radius 1 is 1.32 bits per heavy atom. The van der Waals surface area contributed by atoms with Crippen molar-refractivity contribution >= 4 is 13.3 Å². The molecule has 4 aliphatic carbocycles. The van der Waals surface area contributed by atoms with Gasteiger partial charge in [0.25, 0.3) is 0 Å². The van der Waals surface area contributed by atoms with Crippen LogP contribution in [-0.2, 0) is 9.31 Å². The lowest BCUT2D eigenvalue weighted by Crippen LogP contribution is -2.68. The molecule has 1 N–H and O–H groups in total. The molecule has 4 saturated carbocycles. The zero-order chi connectivity index (χ0) is 15.5. The van der Waals surface area contributed by atoms with Gasteiger partial charge in [-0.25, -0.2) is 0 Å². The van der Waals surface area contributed by atoms with Crippen LogP contribution in [0.3, 0.4) is 0 Å². The van der Waals surface area contributed by atoms with Crippen LogP contribution in [0.15, 0.2) is 25.3 Å². The normalized spacial score (nSPS) is 43.0. The van der Waals surface area contributed by atoms with E-state index >= 15 is 0 Å². The first kappa shape index (κ1) is 14.7. The van der Waals surface area contributed by atoms with E-state index in [9.17, 15) is 0 Å². The van der Waals surface area contributed by atoms with Crippen molar-refractivity contribution in [1.82, 2.24) is 0 Å². The van der Waals surface area contributed by atoms with Gasteiger partial charge in [-0.05, 0) is 36.9 Å². The maximum atomic E-state index is 8.08. The van der Waals surface area contributed by atoms with Gasteiger partial charge in [0.05, 0.1) is 6.10 Å². The molecule has 1 saturated heterocycles. The van der Waals surface area contributed by atoms with Crippen LogP contribution in [0.25, 0.3) is 0 Å². The van der Waals surface area contributed by atoms with Gasteiger partial charge in [0.15, 0.2) is 0 Å². The van der Waals surface area contributed by atoms with Gasteiger partial charge in [0.1, 0.15) is 5.60 Å². The van der Waals surface area contributed by atoms with Gasteiger partial charge in [0, 0.05) is 17.5 Å². The number of hydrogen-bond donors (Lipinski definition) is 1. The van der Waals surface area contributed by atoms with Gasteiger partial charge in [-0.3, -0.25) is 0 Å². The van der Waals surface area contributed by atoms with Crippen LogP contribution in [0, 0.1) is 28.6 Å². The number of rotatable bonds is 6. The van der Waals surface area contributed by atoms with Crippen LogP contribution >= 0.6 is 0 Å². The van der Waals surface area contributed by atoms with E-state index in [-0.39, 0.29) is 24.6 Å². The zero-order valence-corrected chi connectivity index (χ0v) is 13.5. The Morgan fingerprint density at radius 2 is 2.05 bits per heavy atom. The molecule has 118 valence electrons. The fraction of sp³-hybridized carbons (Fsp3) is 0.722. The summed E-state index contributed by atoms with van der Waals surface area (Å²) in [6.07, 6.45) is 11.6. The fourth-order valence-electron chi connectivity index (χ4n) is 5.24. The molecule has 1 heterocycles. The summed E-state index contributed by atoms with van der Waals surface area (Å²) >= 11 is 0. The zero-order valence-electron chi connectivity index (χ0n) is 13.5. The number of hydrogen-bond acceptors (Lipinski definition) is 3. The highest BCUT2D eigenvalue weighted by Crippen LogP contribution is 2.67. The Labute approximate surface area is 133 Å². The lowest BCUT2D eigenvalue weighted by atomic mass is 9.42. The molecule has 3 nitrogen and oxygen atoms in total. The lowest BCUT2D eigenvalue weighted by molar-refractivity contribution is -0.146. The van der Waals surface area contributed by atoms with Crippen molar-refractivity contribution in [2.45, 2.75) is 56.6 Å². The number of nitrogens with one attached hydrogen (secondary N) is 1. The third-order valence-corrected chi connectivity index (χ3v) is 6.80. The summed E-state index contributed by atoms with van der Waals surface area (Å²) in [6.45, 7) is 10.3. The van der Waals surface area contributed by atoms with Gasteiger partial charge in [-0.2, -0.15) is 0 Å². The summed E-state index contributed by atoms with van der Waals surface area (Å²) in [7, 11) is -0.154. The van der Waals surface area contributed by atoms with Crippen LogP contribution < -0.4 is 0 Å². The smallest absolute Gasteiger partial charge is 0.405 e. The van der Waals surface area contributed by atoms with Crippen LogP contribution in [0.4, 0.5) is 0 Å². The van der Waals surface area contributed by atoms with E-state index in [1.54, 1.807) is 0 Å². The minimum absolute atomic E-state index is 0.0356. The van der Waals surface area contributed by atoms with Crippen LogP contribution in [0.5, 0.6) is 0 Å². The average molecular weight is 299 g/mol. The Kier molecular flexibility index (Phi) is 3.22. The SMILES string of the molecule is C=CC1(C=C)C2C[C@H]1C[C@H]1OB([C@@H](C)CC3CC3)O[C@@]21C=N. The molecule has 0 spiro atoms. The maximum Gasteiger partial charge on any atom is 0.461 e. The predicted molar refractivity (Wildman–Crippen MR) is 89.0 cm³/mol. The fourth-order valence-corrected chi connectivity index (χ4v) is 5.24. The van der Waals surface area contributed by atoms with E-state index in [4.69, 9.17) is 14.7 Å². The summed E-state index contributed by atoms with van der Waals surface area (Å²) in [5.41, 5.74) is -0.647. The first-order valence-corrected chi connectivity index (χ1v) is 8.71. The van der Waals surface area contributed by atoms with E-state index in [0.29, 0.717) is 11.7 Å². The molecule has 4 heteroatoms. The molecular weight excluding hydrogens is 273 g/mol. The highest BCUT2D eigenvalue weighted by Gasteiger charge is 2.71. The van der Waals surface area contributed by atoms with E-state index in [1.165, 1.54) is 25.5 Å². The third-order valence-electron chi connectivity index (χ3n) is 6.80. The van der Waals surface area contributed by atoms with Crippen molar-refractivity contribution in [2.75, 3.05) is 0 Å². The Hall–Kier alpha value is -0.865. The van der Waals surface area contributed by atoms with Gasteiger partial charge in [0.2, 0.25) is 0 Å². The number of allylic oxidation sites excluding steroid dienone is 2. The summed E-state index contributed by atoms with van der Waals surface area (Å²) in [5.74, 6) is 2.09. The molecule has 0 aromatic rings. The molecule has 5 fully saturated rings. The van der Waals surface area contributed by atoms with E-state index in [1.807, 2.05) is 12.2 Å². The highest BCUT2D eigenvalue weighted by molar-refractivity contribution is 6.47. The second kappa shape index (κ2) is 4.81. The van der Waals surface area contributed by atoms with Crippen molar-refractivity contribution in [2.24, 2.45) is 23.2 Å². The summed E-state index contributed by atoms with van der Waals surface area (Å²) in [6, 6.07) is 0. The van der Waals surface area contributed by atoms with E-state index in [0.717, 1.165) is 18.8 Å². The topological polar surface area (TPSA) is 42.3 Å². The largest absolute Gasteiger partial charge is 0.461 e. The summed E-state index contributed by atoms with van der Waals surface area (Å²) < 4.78 is 12.7. The van der Waals surface area contributed by atoms with Crippen LogP contribution in [-0.4, -0.2) is 25.0 Å². The van der Waals surface area contributed by atoms with Crippen LogP contribution in [0.1, 0.15) is 39.0 Å². The van der Waals surface area contributed by atoms with Gasteiger partial charge in [-0.1, -0.05) is 31.9 Å². The minimum Gasteiger partial charge on any atom is -0.405 e. The van der Waals surface area contributed by atoms with Crippen molar-refractivity contribution in [1.29, 1.82) is 5.41 Å². The third kappa shape index (κ3) is 1.74. The molecule has 0 aromatic heterocycles. The van der Waals surface area contributed by atoms with Crippen molar-refractivity contribution < 1.29 is 9.31 Å². The molecule has 1 unspecified atom stereocenters. The Morgan fingerprint density at radius 3 is 2.64 bits per heavy atom. The second-order valence-corrected chi connectivity index (χ2v) is 7.89. The maximum absolute atomic E-state index is 8.08. The second-order valence-electron chi connectivity index (χ2n) is 7.89. The summed E-state index contributed by atoms with van der Waals surface area (Å²) in [5, 5.41) is 8.08. The van der Waals surface area contributed by atoms with E-state index < -0.39 is 5.60 Å². The van der Waals surface area contributed by atoms with Crippen molar-refractivity contribution in [3.05, 3.63) is 25.3 Å². The van der Waals surface area contributed by atoms with Gasteiger partial charge < -0.3 is 14.7 Å². The Balaban J connectivity index is 1.59. The average Bonchev–Trinajstić information content (AvgIpc) is 3.24. The molecule has 0 aromatic carbocycles.